The number of aromatic nitrogens is 6. The largest absolute Gasteiger partial charge is 0.311 e. The Kier molecular flexibility index (Phi) is 26.2. The van der Waals surface area contributed by atoms with E-state index in [1.807, 2.05) is 0 Å². The minimum atomic E-state index is -0.0937. The fourth-order valence-corrected chi connectivity index (χ4v) is 24.9. The molecule has 0 bridgehead atoms. The summed E-state index contributed by atoms with van der Waals surface area (Å²) in [6.45, 7) is 56.7. The molecule has 4 saturated carbocycles. The summed E-state index contributed by atoms with van der Waals surface area (Å²) in [6, 6.07) is 91.1. The zero-order chi connectivity index (χ0) is 102. The highest BCUT2D eigenvalue weighted by molar-refractivity contribution is 7.01. The maximum absolute atomic E-state index is 5.52. The van der Waals surface area contributed by atoms with Crippen molar-refractivity contribution >= 4 is 114 Å². The van der Waals surface area contributed by atoms with E-state index in [0.29, 0.717) is 47.0 Å². The molecule has 146 heavy (non-hydrogen) atoms. The monoisotopic (exact) mass is 1930 g/mol. The molecule has 14 aromatic rings. The molecule has 4 aliphatic heterocycles. The molecule has 2 aromatic heterocycles. The van der Waals surface area contributed by atoms with Crippen molar-refractivity contribution in [1.29, 1.82) is 0 Å². The normalized spacial score (nSPS) is 16.6. The van der Waals surface area contributed by atoms with Gasteiger partial charge in [0, 0.05) is 90.5 Å². The van der Waals surface area contributed by atoms with Crippen LogP contribution in [0.1, 0.15) is 385 Å². The first kappa shape index (κ1) is 99.9. The van der Waals surface area contributed by atoms with E-state index in [4.69, 9.17) is 24.9 Å². The average molecular weight is 1930 g/mol. The Labute approximate surface area is 875 Å². The van der Waals surface area contributed by atoms with Crippen LogP contribution < -0.4 is 52.4 Å². The van der Waals surface area contributed by atoms with E-state index in [9.17, 15) is 0 Å². The van der Waals surface area contributed by atoms with Gasteiger partial charge in [-0.25, -0.2) is 29.9 Å². The highest BCUT2D eigenvalue weighted by Crippen LogP contribution is 2.55. The third kappa shape index (κ3) is 19.6. The number of hydrogen-bond acceptors (Lipinski definition) is 10. The van der Waals surface area contributed by atoms with E-state index in [0.717, 1.165) is 22.3 Å². The van der Waals surface area contributed by atoms with Gasteiger partial charge in [0.1, 0.15) is 12.7 Å². The SMILES string of the molecule is CC(C)(C)c1cc(N2c3cc(C4CCCCC4)ccc3B3c4ccc(C5CCCCC5)cc4N(c4cc(C(C)(C)C)cc(C(C)(C)C)c4)c4cc(-c5nc(-c6ccccc6)nc(-c6ccccc6)n5)cc2c43)cc(C(C)(C)C)c1.CC(C)(C)c1cc(N2c3cc(C4CCCCC4)ccc3B3c4ccc(C5CCCCC5)cc4N(c4cc(C(C)(C)C)cc(C(C)(C)C)c4)c4cc(-c5ncncn5)cc2c43)cc(C(C)(C)C)c1. The minimum absolute atomic E-state index is 0.0245. The summed E-state index contributed by atoms with van der Waals surface area (Å²) in [6.07, 6.45) is 28.9. The van der Waals surface area contributed by atoms with Crippen LogP contribution in [0.5, 0.6) is 0 Å². The van der Waals surface area contributed by atoms with Crippen LogP contribution in [-0.2, 0) is 43.3 Å². The van der Waals surface area contributed by atoms with E-state index < -0.39 is 0 Å². The van der Waals surface area contributed by atoms with Crippen molar-refractivity contribution in [3.63, 3.8) is 0 Å². The smallest absolute Gasteiger partial charge is 0.252 e. The molecule has 0 unspecified atom stereocenters. The summed E-state index contributed by atoms with van der Waals surface area (Å²) in [4.78, 5) is 41.0. The van der Waals surface area contributed by atoms with Crippen molar-refractivity contribution in [3.8, 4) is 45.6 Å². The number of fused-ring (bicyclic) bond motifs is 8. The van der Waals surface area contributed by atoms with Gasteiger partial charge in [-0.15, -0.1) is 0 Å². The number of hydrogen-bond donors (Lipinski definition) is 0. The minimum Gasteiger partial charge on any atom is -0.311 e. The van der Waals surface area contributed by atoms with Crippen molar-refractivity contribution in [3.05, 3.63) is 310 Å². The highest BCUT2D eigenvalue weighted by atomic mass is 15.2. The van der Waals surface area contributed by atoms with Crippen molar-refractivity contribution in [2.45, 2.75) is 362 Å². The van der Waals surface area contributed by atoms with E-state index in [-0.39, 0.29) is 56.7 Å². The van der Waals surface area contributed by atoms with Crippen LogP contribution in [0, 0.1) is 0 Å². The molecule has 4 fully saturated rings. The quantitative estimate of drug-likeness (QED) is 0.110. The molecule has 0 N–H and O–H groups in total. The molecule has 0 saturated heterocycles. The van der Waals surface area contributed by atoms with E-state index in [2.05, 4.69) is 421 Å². The summed E-state index contributed by atoms with van der Waals surface area (Å²) in [5, 5.41) is 0. The summed E-state index contributed by atoms with van der Waals surface area (Å²) in [7, 11) is 0. The Morgan fingerprint density at radius 3 is 0.644 bits per heavy atom. The number of rotatable bonds is 12. The van der Waals surface area contributed by atoms with Gasteiger partial charge in [-0.2, -0.15) is 0 Å². The van der Waals surface area contributed by atoms with Gasteiger partial charge in [0.05, 0.1) is 0 Å². The second kappa shape index (κ2) is 38.3. The van der Waals surface area contributed by atoms with Gasteiger partial charge in [-0.1, -0.05) is 377 Å². The lowest BCUT2D eigenvalue weighted by Crippen LogP contribution is -2.61. The predicted molar refractivity (Wildman–Crippen MR) is 622 cm³/mol. The lowest BCUT2D eigenvalue weighted by molar-refractivity contribution is 0.443. The molecule has 12 heteroatoms. The van der Waals surface area contributed by atoms with Crippen LogP contribution >= 0.6 is 0 Å². The molecule has 748 valence electrons. The van der Waals surface area contributed by atoms with Gasteiger partial charge in [0.25, 0.3) is 13.4 Å². The zero-order valence-corrected chi connectivity index (χ0v) is 92.2. The van der Waals surface area contributed by atoms with Crippen molar-refractivity contribution in [2.75, 3.05) is 19.6 Å². The fourth-order valence-electron chi connectivity index (χ4n) is 24.9. The molecule has 22 rings (SSSR count). The van der Waals surface area contributed by atoms with Gasteiger partial charge in [-0.05, 0) is 315 Å². The first-order valence-corrected chi connectivity index (χ1v) is 55.7. The Bertz CT molecular complexity index is 6730. The van der Waals surface area contributed by atoms with Gasteiger partial charge >= 0.3 is 0 Å². The molecular weight excluding hydrogens is 1770 g/mol. The van der Waals surface area contributed by atoms with Crippen molar-refractivity contribution in [2.24, 2.45) is 0 Å². The van der Waals surface area contributed by atoms with Crippen molar-refractivity contribution in [1.82, 2.24) is 29.9 Å². The van der Waals surface area contributed by atoms with Gasteiger partial charge in [-0.3, -0.25) is 0 Å². The average Bonchev–Trinajstić information content (AvgIpc) is 0.693. The van der Waals surface area contributed by atoms with E-state index in [1.165, 1.54) is 296 Å². The zero-order valence-electron chi connectivity index (χ0n) is 92.2. The molecule has 10 nitrogen and oxygen atoms in total. The van der Waals surface area contributed by atoms with Crippen LogP contribution in [0.4, 0.5) is 68.2 Å². The Hall–Kier alpha value is -12.0. The summed E-state index contributed by atoms with van der Waals surface area (Å²) in [5.74, 6) is 4.87. The van der Waals surface area contributed by atoms with Crippen molar-refractivity contribution < 1.29 is 0 Å². The second-order valence-corrected chi connectivity index (χ2v) is 52.8. The maximum atomic E-state index is 5.52. The highest BCUT2D eigenvalue weighted by Gasteiger charge is 2.49. The van der Waals surface area contributed by atoms with Crippen LogP contribution in [0.25, 0.3) is 45.6 Å². The van der Waals surface area contributed by atoms with Crippen LogP contribution in [0.15, 0.2) is 243 Å². The summed E-state index contributed by atoms with van der Waals surface area (Å²) in [5.41, 5.74) is 42.7. The fraction of sp³-hybridized carbons (Fsp3) is 0.418. The summed E-state index contributed by atoms with van der Waals surface area (Å²) < 4.78 is 0. The standard InChI is InChI=1S/C73H82BN5.C61H74BN5/c1-70(2,3)54-41-55(71(4,5)6)44-58(43-54)78-62-37-51(47-25-17-13-18-26-47)33-35-60(62)74-61-36-34-52(48-27-19-14-20-28-48)38-63(61)79(59-45-56(72(7,8)9)42-57(46-59)73(10,11)12)65-40-53(39-64(78)66(65)74)69-76-67(49-29-21-15-22-30-49)75-68(77-69)50-31-23-16-24-32-50;1-58(2,3)44-31-45(59(4,5)6)34-48(33-44)66-52-27-41(39-19-15-13-16-20-39)23-25-50(52)62-51-26-24-42(40-21-17-14-18-22-40)28-53(51)67(49-35-46(60(7,8)9)32-47(36-49)61(10,11)12)55-30-43(29-54(66)56(55)62)57-64-37-63-38-65-57/h15-16,21-24,29-48H,13-14,17-20,25-28H2,1-12H3;23-40H,13-22H2,1-12H3. The molecule has 0 amide bonds. The predicted octanol–water partition coefficient (Wildman–Crippen LogP) is 33.1. The van der Waals surface area contributed by atoms with Crippen LogP contribution in [0.2, 0.25) is 0 Å². The lowest BCUT2D eigenvalue weighted by atomic mass is 9.33. The van der Waals surface area contributed by atoms with Crippen LogP contribution in [0.3, 0.4) is 0 Å². The van der Waals surface area contributed by atoms with Gasteiger partial charge in [0.2, 0.25) is 0 Å². The topological polar surface area (TPSA) is 90.3 Å². The second-order valence-electron chi connectivity index (χ2n) is 52.8. The number of nitrogens with zero attached hydrogens (tertiary/aromatic N) is 10. The third-order valence-corrected chi connectivity index (χ3v) is 33.9. The Balaban J connectivity index is 0.000000174. The third-order valence-electron chi connectivity index (χ3n) is 33.9. The summed E-state index contributed by atoms with van der Waals surface area (Å²) >= 11 is 0. The molecule has 0 radical (unpaired) electrons. The van der Waals surface area contributed by atoms with Crippen LogP contribution in [-0.4, -0.2) is 43.3 Å². The molecule has 0 spiro atoms. The number of anilines is 12. The Morgan fingerprint density at radius 2 is 0.425 bits per heavy atom. The molecule has 6 heterocycles. The first-order valence-electron chi connectivity index (χ1n) is 55.7. The molecule has 4 aliphatic carbocycles. The lowest BCUT2D eigenvalue weighted by Gasteiger charge is -2.45. The van der Waals surface area contributed by atoms with E-state index in [1.54, 1.807) is 12.7 Å². The molecule has 8 aliphatic rings. The Morgan fingerprint density at radius 1 is 0.212 bits per heavy atom. The first-order chi connectivity index (χ1) is 69.4. The van der Waals surface area contributed by atoms with E-state index >= 15 is 0 Å². The number of benzene rings is 12. The van der Waals surface area contributed by atoms with Gasteiger partial charge in [0.15, 0.2) is 23.3 Å². The molecule has 0 atom stereocenters. The molecule has 12 aromatic carbocycles. The molecular formula is C134H156B2N10. The van der Waals surface area contributed by atoms with Gasteiger partial charge < -0.3 is 19.6 Å². The maximum Gasteiger partial charge on any atom is 0.252 e.